The fourth-order valence-corrected chi connectivity index (χ4v) is 2.84. The third-order valence-electron chi connectivity index (χ3n) is 3.07. The number of aromatic nitrogens is 1. The van der Waals surface area contributed by atoms with Crippen molar-refractivity contribution >= 4 is 27.8 Å². The molecule has 0 unspecified atom stereocenters. The normalized spacial score (nSPS) is 15.4. The number of nitrogens with zero attached hydrogens (tertiary/aromatic N) is 1. The van der Waals surface area contributed by atoms with Crippen LogP contribution in [0.1, 0.15) is 12.0 Å². The number of aliphatic hydroxyl groups excluding tert-OH is 1. The molecule has 0 saturated heterocycles. The summed E-state index contributed by atoms with van der Waals surface area (Å²) >= 11 is 3.53. The molecule has 0 amide bonds. The topological polar surface area (TPSA) is 25.2 Å². The molecule has 1 aromatic heterocycles. The molecule has 17 heavy (non-hydrogen) atoms. The first-order valence-electron chi connectivity index (χ1n) is 5.61. The fraction of sp³-hybridized carbons (Fsp3) is 0.143. The molecule has 1 aliphatic rings. The monoisotopic (exact) mass is 289 g/mol. The van der Waals surface area contributed by atoms with Crippen molar-refractivity contribution in [2.45, 2.75) is 13.0 Å². The second-order valence-electron chi connectivity index (χ2n) is 4.12. The molecule has 0 bridgehead atoms. The number of rotatable bonds is 1. The van der Waals surface area contributed by atoms with Gasteiger partial charge in [-0.05, 0) is 28.4 Å². The van der Waals surface area contributed by atoms with Crippen molar-refractivity contribution in [1.29, 1.82) is 0 Å². The summed E-state index contributed by atoms with van der Waals surface area (Å²) in [5.74, 6) is 0.341. The van der Waals surface area contributed by atoms with Crippen LogP contribution in [0.15, 0.2) is 40.9 Å². The van der Waals surface area contributed by atoms with Gasteiger partial charge in [-0.1, -0.05) is 36.4 Å². The summed E-state index contributed by atoms with van der Waals surface area (Å²) in [7, 11) is 0. The molecule has 2 nitrogen and oxygen atoms in total. The number of fused-ring (bicyclic) bond motifs is 1. The Morgan fingerprint density at radius 2 is 2.00 bits per heavy atom. The van der Waals surface area contributed by atoms with Crippen LogP contribution < -0.4 is 10.7 Å². The van der Waals surface area contributed by atoms with Gasteiger partial charge in [0.2, 0.25) is 0 Å². The van der Waals surface area contributed by atoms with E-state index < -0.39 is 0 Å². The SMILES string of the molecule is OC(c1ccccc1)=c1cc(Br)c2n1CCC=2. The van der Waals surface area contributed by atoms with Crippen LogP contribution in [-0.4, -0.2) is 9.67 Å². The first-order chi connectivity index (χ1) is 8.27. The summed E-state index contributed by atoms with van der Waals surface area (Å²) in [6.07, 6.45) is 3.22. The number of hydrogen-bond donors (Lipinski definition) is 1. The van der Waals surface area contributed by atoms with E-state index in [1.54, 1.807) is 0 Å². The maximum absolute atomic E-state index is 10.3. The van der Waals surface area contributed by atoms with E-state index in [0.717, 1.165) is 28.4 Å². The van der Waals surface area contributed by atoms with Crippen LogP contribution in [0.2, 0.25) is 0 Å². The number of aliphatic hydroxyl groups is 1. The third kappa shape index (κ3) is 1.71. The molecule has 3 rings (SSSR count). The quantitative estimate of drug-likeness (QED) is 0.855. The zero-order valence-corrected chi connectivity index (χ0v) is 10.8. The molecule has 2 aromatic rings. The summed E-state index contributed by atoms with van der Waals surface area (Å²) in [6, 6.07) is 11.6. The van der Waals surface area contributed by atoms with Gasteiger partial charge in [-0.2, -0.15) is 0 Å². The molecule has 0 spiro atoms. The second kappa shape index (κ2) is 4.08. The van der Waals surface area contributed by atoms with E-state index in [9.17, 15) is 5.11 Å². The lowest BCUT2D eigenvalue weighted by molar-refractivity contribution is 0.499. The lowest BCUT2D eigenvalue weighted by atomic mass is 10.2. The van der Waals surface area contributed by atoms with Crippen LogP contribution in [0.4, 0.5) is 0 Å². The van der Waals surface area contributed by atoms with Gasteiger partial charge in [0.15, 0.2) is 0 Å². The molecule has 0 atom stereocenters. The van der Waals surface area contributed by atoms with Crippen molar-refractivity contribution < 1.29 is 5.11 Å². The predicted octanol–water partition coefficient (Wildman–Crippen LogP) is 2.15. The molecule has 1 aliphatic heterocycles. The van der Waals surface area contributed by atoms with Crippen LogP contribution in [0.5, 0.6) is 0 Å². The Labute approximate surface area is 108 Å². The Morgan fingerprint density at radius 3 is 2.76 bits per heavy atom. The van der Waals surface area contributed by atoms with Crippen LogP contribution in [-0.2, 0) is 6.54 Å². The molecule has 86 valence electrons. The average Bonchev–Trinajstić information content (AvgIpc) is 2.94. The third-order valence-corrected chi connectivity index (χ3v) is 3.71. The van der Waals surface area contributed by atoms with E-state index in [1.165, 1.54) is 5.35 Å². The Morgan fingerprint density at radius 1 is 1.24 bits per heavy atom. The molecule has 1 N–H and O–H groups in total. The molecule has 0 radical (unpaired) electrons. The maximum atomic E-state index is 10.3. The average molecular weight is 290 g/mol. The molecule has 2 heterocycles. The minimum atomic E-state index is 0.341. The van der Waals surface area contributed by atoms with Crippen molar-refractivity contribution in [3.05, 3.63) is 57.1 Å². The number of benzene rings is 1. The summed E-state index contributed by atoms with van der Waals surface area (Å²) in [5, 5.41) is 12.4. The Balaban J connectivity index is 2.30. The fourth-order valence-electron chi connectivity index (χ4n) is 2.25. The zero-order chi connectivity index (χ0) is 11.8. The summed E-state index contributed by atoms with van der Waals surface area (Å²) < 4.78 is 3.19. The van der Waals surface area contributed by atoms with Crippen molar-refractivity contribution in [2.24, 2.45) is 0 Å². The van der Waals surface area contributed by atoms with Crippen molar-refractivity contribution in [1.82, 2.24) is 4.57 Å². The van der Waals surface area contributed by atoms with Crippen LogP contribution in [0.3, 0.4) is 0 Å². The molecule has 3 heteroatoms. The summed E-state index contributed by atoms with van der Waals surface area (Å²) in [5.41, 5.74) is 0.854. The van der Waals surface area contributed by atoms with E-state index in [-0.39, 0.29) is 0 Å². The highest BCUT2D eigenvalue weighted by molar-refractivity contribution is 9.10. The van der Waals surface area contributed by atoms with Gasteiger partial charge in [0.1, 0.15) is 5.76 Å². The second-order valence-corrected chi connectivity index (χ2v) is 4.98. The van der Waals surface area contributed by atoms with Crippen molar-refractivity contribution in [3.8, 4) is 0 Å². The molecular formula is C14H12BrNO. The van der Waals surface area contributed by atoms with Crippen LogP contribution in [0, 0.1) is 0 Å². The largest absolute Gasteiger partial charge is 0.505 e. The first kappa shape index (κ1) is 10.7. The lowest BCUT2D eigenvalue weighted by Gasteiger charge is -2.02. The van der Waals surface area contributed by atoms with Gasteiger partial charge in [0.25, 0.3) is 0 Å². The zero-order valence-electron chi connectivity index (χ0n) is 9.23. The van der Waals surface area contributed by atoms with Crippen LogP contribution in [0.25, 0.3) is 11.8 Å². The van der Waals surface area contributed by atoms with Gasteiger partial charge in [0.05, 0.1) is 10.7 Å². The minimum absolute atomic E-state index is 0.341. The molecular weight excluding hydrogens is 278 g/mol. The molecule has 1 aromatic carbocycles. The summed E-state index contributed by atoms with van der Waals surface area (Å²) in [6.45, 7) is 0.938. The highest BCUT2D eigenvalue weighted by Gasteiger charge is 2.11. The van der Waals surface area contributed by atoms with Gasteiger partial charge >= 0.3 is 0 Å². The van der Waals surface area contributed by atoms with Gasteiger partial charge in [0, 0.05) is 16.6 Å². The van der Waals surface area contributed by atoms with Crippen molar-refractivity contribution in [3.63, 3.8) is 0 Å². The van der Waals surface area contributed by atoms with Gasteiger partial charge in [-0.25, -0.2) is 0 Å². The first-order valence-corrected chi connectivity index (χ1v) is 6.40. The van der Waals surface area contributed by atoms with E-state index in [2.05, 4.69) is 26.6 Å². The Hall–Kier alpha value is -1.48. The smallest absolute Gasteiger partial charge is 0.146 e. The maximum Gasteiger partial charge on any atom is 0.146 e. The Kier molecular flexibility index (Phi) is 2.56. The van der Waals surface area contributed by atoms with E-state index >= 15 is 0 Å². The minimum Gasteiger partial charge on any atom is -0.505 e. The highest BCUT2D eigenvalue weighted by atomic mass is 79.9. The predicted molar refractivity (Wildman–Crippen MR) is 72.0 cm³/mol. The van der Waals surface area contributed by atoms with Gasteiger partial charge < -0.3 is 9.67 Å². The molecule has 0 aliphatic carbocycles. The molecule has 0 saturated carbocycles. The van der Waals surface area contributed by atoms with Gasteiger partial charge in [-0.3, -0.25) is 0 Å². The highest BCUT2D eigenvalue weighted by Crippen LogP contribution is 2.10. The van der Waals surface area contributed by atoms with Gasteiger partial charge in [-0.15, -0.1) is 0 Å². The van der Waals surface area contributed by atoms with Crippen molar-refractivity contribution in [2.75, 3.05) is 0 Å². The molecule has 0 fully saturated rings. The van der Waals surface area contributed by atoms with E-state index in [0.29, 0.717) is 5.76 Å². The Bertz CT molecular complexity index is 670. The summed E-state index contributed by atoms with van der Waals surface area (Å²) in [4.78, 5) is 0. The standard InChI is InChI=1S/C14H12BrNO/c15-11-9-13(16-8-4-7-12(11)16)14(17)10-5-2-1-3-6-10/h1-3,5-7,9,17H,4,8H2. The van der Waals surface area contributed by atoms with E-state index in [4.69, 9.17) is 0 Å². The van der Waals surface area contributed by atoms with E-state index in [1.807, 2.05) is 36.4 Å². The lowest BCUT2D eigenvalue weighted by Crippen LogP contribution is -2.25. The van der Waals surface area contributed by atoms with Crippen LogP contribution >= 0.6 is 15.9 Å². The number of hydrogen-bond acceptors (Lipinski definition) is 1. The number of halogens is 1.